The number of halogens is 1. The summed E-state index contributed by atoms with van der Waals surface area (Å²) >= 11 is 3.33. The summed E-state index contributed by atoms with van der Waals surface area (Å²) < 4.78 is 1.02. The lowest BCUT2D eigenvalue weighted by Gasteiger charge is -1.95. The summed E-state index contributed by atoms with van der Waals surface area (Å²) in [6.07, 6.45) is 1.82. The largest absolute Gasteiger partial charge is 0.285 e. The molecule has 0 amide bonds. The Morgan fingerprint density at radius 2 is 2.20 bits per heavy atom. The molecular formula is C8H6BrO. The van der Waals surface area contributed by atoms with Gasteiger partial charge in [-0.1, -0.05) is 15.9 Å². The Morgan fingerprint density at radius 1 is 1.50 bits per heavy atom. The van der Waals surface area contributed by atoms with Crippen LogP contribution in [0, 0.1) is 6.92 Å². The smallest absolute Gasteiger partial charge is 0.233 e. The van der Waals surface area contributed by atoms with E-state index in [1.54, 1.807) is 12.1 Å². The Morgan fingerprint density at radius 3 is 2.70 bits per heavy atom. The molecule has 1 rings (SSSR count). The second-order valence-corrected chi connectivity index (χ2v) is 2.92. The fraction of sp³-hybridized carbons (Fsp3) is 0.125. The summed E-state index contributed by atoms with van der Waals surface area (Å²) in [5, 5.41) is 0. The second-order valence-electron chi connectivity index (χ2n) is 2.07. The van der Waals surface area contributed by atoms with Crippen molar-refractivity contribution in [2.75, 3.05) is 0 Å². The van der Waals surface area contributed by atoms with Crippen LogP contribution in [0.3, 0.4) is 0 Å². The van der Waals surface area contributed by atoms with E-state index in [1.807, 2.05) is 19.3 Å². The lowest BCUT2D eigenvalue weighted by Crippen LogP contribution is -1.81. The van der Waals surface area contributed by atoms with Crippen molar-refractivity contribution in [1.29, 1.82) is 0 Å². The van der Waals surface area contributed by atoms with Crippen LogP contribution in [0.5, 0.6) is 0 Å². The molecule has 0 fully saturated rings. The molecule has 1 aromatic carbocycles. The fourth-order valence-electron chi connectivity index (χ4n) is 0.708. The van der Waals surface area contributed by atoms with Crippen molar-refractivity contribution in [3.8, 4) is 0 Å². The highest BCUT2D eigenvalue weighted by atomic mass is 79.9. The monoisotopic (exact) mass is 197 g/mol. The van der Waals surface area contributed by atoms with E-state index in [1.165, 1.54) is 0 Å². The van der Waals surface area contributed by atoms with Gasteiger partial charge in [-0.3, -0.25) is 4.79 Å². The maximum absolute atomic E-state index is 10.1. The summed E-state index contributed by atoms with van der Waals surface area (Å²) in [6.45, 7) is 1.94. The molecule has 0 aliphatic heterocycles. The predicted octanol–water partition coefficient (Wildman–Crippen LogP) is 2.22. The summed E-state index contributed by atoms with van der Waals surface area (Å²) in [7, 11) is 0. The van der Waals surface area contributed by atoms with E-state index < -0.39 is 0 Å². The first kappa shape index (κ1) is 7.48. The molecule has 51 valence electrons. The first-order valence-corrected chi connectivity index (χ1v) is 3.67. The molecule has 1 aromatic rings. The van der Waals surface area contributed by atoms with Crippen LogP contribution in [0.4, 0.5) is 0 Å². The number of benzene rings is 1. The van der Waals surface area contributed by atoms with E-state index in [2.05, 4.69) is 15.9 Å². The third-order valence-corrected chi connectivity index (χ3v) is 2.17. The molecule has 0 aliphatic rings. The molecule has 1 radical (unpaired) electrons. The Kier molecular flexibility index (Phi) is 2.22. The number of hydrogen-bond acceptors (Lipinski definition) is 1. The zero-order valence-electron chi connectivity index (χ0n) is 5.52. The number of carbonyl (C=O) groups excluding carboxylic acids is 1. The molecule has 0 atom stereocenters. The van der Waals surface area contributed by atoms with Crippen molar-refractivity contribution in [3.05, 3.63) is 33.8 Å². The Bertz CT molecular complexity index is 255. The van der Waals surface area contributed by atoms with Crippen molar-refractivity contribution in [3.63, 3.8) is 0 Å². The molecule has 0 heterocycles. The van der Waals surface area contributed by atoms with Crippen LogP contribution in [-0.2, 0) is 4.79 Å². The normalized spacial score (nSPS) is 9.40. The summed E-state index contributed by atoms with van der Waals surface area (Å²) in [5.74, 6) is 0. The van der Waals surface area contributed by atoms with Crippen LogP contribution < -0.4 is 0 Å². The molecule has 0 saturated heterocycles. The first-order chi connectivity index (χ1) is 4.74. The molecule has 2 heteroatoms. The zero-order chi connectivity index (χ0) is 7.56. The second kappa shape index (κ2) is 2.97. The lowest BCUT2D eigenvalue weighted by atomic mass is 10.2. The number of rotatable bonds is 1. The minimum Gasteiger partial charge on any atom is -0.285 e. The summed E-state index contributed by atoms with van der Waals surface area (Å²) in [5.41, 5.74) is 1.65. The molecule has 1 nitrogen and oxygen atoms in total. The van der Waals surface area contributed by atoms with Crippen molar-refractivity contribution in [2.45, 2.75) is 6.92 Å². The van der Waals surface area contributed by atoms with Gasteiger partial charge in [-0.15, -0.1) is 0 Å². The van der Waals surface area contributed by atoms with Gasteiger partial charge in [0, 0.05) is 10.0 Å². The molecule has 0 aliphatic carbocycles. The summed E-state index contributed by atoms with van der Waals surface area (Å²) in [6, 6.07) is 5.36. The van der Waals surface area contributed by atoms with E-state index >= 15 is 0 Å². The van der Waals surface area contributed by atoms with Crippen molar-refractivity contribution in [2.24, 2.45) is 0 Å². The Balaban J connectivity index is 3.16. The Labute approximate surface area is 68.2 Å². The van der Waals surface area contributed by atoms with Crippen LogP contribution in [0.25, 0.3) is 0 Å². The maximum Gasteiger partial charge on any atom is 0.233 e. The van der Waals surface area contributed by atoms with Gasteiger partial charge in [0.25, 0.3) is 0 Å². The standard InChI is InChI=1S/C8H6BrO/c1-6-4-7(5-10)2-3-8(6)9/h2-4H,1H3. The lowest BCUT2D eigenvalue weighted by molar-refractivity contribution is 0.562. The number of hydrogen-bond donors (Lipinski definition) is 0. The average molecular weight is 198 g/mol. The van der Waals surface area contributed by atoms with Gasteiger partial charge in [0.1, 0.15) is 0 Å². The third kappa shape index (κ3) is 1.45. The topological polar surface area (TPSA) is 17.1 Å². The minimum absolute atomic E-state index is 0.598. The molecule has 0 bridgehead atoms. The van der Waals surface area contributed by atoms with E-state index in [0.717, 1.165) is 10.0 Å². The van der Waals surface area contributed by atoms with Crippen LogP contribution >= 0.6 is 15.9 Å². The highest BCUT2D eigenvalue weighted by Crippen LogP contribution is 2.15. The molecule has 0 saturated carbocycles. The summed E-state index contributed by atoms with van der Waals surface area (Å²) in [4.78, 5) is 10.1. The zero-order valence-corrected chi connectivity index (χ0v) is 7.10. The fourth-order valence-corrected chi connectivity index (χ4v) is 0.955. The van der Waals surface area contributed by atoms with Gasteiger partial charge in [-0.25, -0.2) is 0 Å². The van der Waals surface area contributed by atoms with E-state index in [-0.39, 0.29) is 0 Å². The maximum atomic E-state index is 10.1. The molecule has 10 heavy (non-hydrogen) atoms. The van der Waals surface area contributed by atoms with E-state index in [0.29, 0.717) is 5.56 Å². The molecule has 0 spiro atoms. The number of aryl methyl sites for hydroxylation is 1. The quantitative estimate of drug-likeness (QED) is 0.676. The third-order valence-electron chi connectivity index (χ3n) is 1.28. The van der Waals surface area contributed by atoms with Gasteiger partial charge in [0.15, 0.2) is 0 Å². The van der Waals surface area contributed by atoms with Crippen molar-refractivity contribution < 1.29 is 4.79 Å². The average Bonchev–Trinajstić information content (AvgIpc) is 1.95. The van der Waals surface area contributed by atoms with Crippen LogP contribution in [0.15, 0.2) is 22.7 Å². The van der Waals surface area contributed by atoms with Gasteiger partial charge in [0.05, 0.1) is 0 Å². The molecule has 0 N–H and O–H groups in total. The van der Waals surface area contributed by atoms with Gasteiger partial charge in [0.2, 0.25) is 6.29 Å². The molecular weight excluding hydrogens is 192 g/mol. The van der Waals surface area contributed by atoms with Crippen LogP contribution in [-0.4, -0.2) is 6.29 Å². The van der Waals surface area contributed by atoms with Gasteiger partial charge in [-0.2, -0.15) is 0 Å². The van der Waals surface area contributed by atoms with Crippen molar-refractivity contribution >= 4 is 22.2 Å². The first-order valence-electron chi connectivity index (χ1n) is 2.88. The van der Waals surface area contributed by atoms with Crippen LogP contribution in [0.1, 0.15) is 11.1 Å². The Hall–Kier alpha value is -0.630. The van der Waals surface area contributed by atoms with Crippen LogP contribution in [0.2, 0.25) is 0 Å². The molecule has 0 aromatic heterocycles. The highest BCUT2D eigenvalue weighted by molar-refractivity contribution is 9.10. The SMILES string of the molecule is Cc1cc([C]=O)ccc1Br. The van der Waals surface area contributed by atoms with Gasteiger partial charge in [-0.05, 0) is 30.7 Å². The minimum atomic E-state index is 0.598. The predicted molar refractivity (Wildman–Crippen MR) is 43.7 cm³/mol. The van der Waals surface area contributed by atoms with Gasteiger partial charge >= 0.3 is 0 Å². The van der Waals surface area contributed by atoms with E-state index in [9.17, 15) is 4.79 Å². The molecule has 0 unspecified atom stereocenters. The van der Waals surface area contributed by atoms with Crippen molar-refractivity contribution in [1.82, 2.24) is 0 Å². The van der Waals surface area contributed by atoms with Gasteiger partial charge < -0.3 is 0 Å². The van der Waals surface area contributed by atoms with E-state index in [4.69, 9.17) is 0 Å². The highest BCUT2D eigenvalue weighted by Gasteiger charge is 1.94.